The van der Waals surface area contributed by atoms with E-state index in [0.29, 0.717) is 6.10 Å². The molecule has 0 spiro atoms. The highest BCUT2D eigenvalue weighted by Gasteiger charge is 2.21. The molecule has 66 valence electrons. The van der Waals surface area contributed by atoms with Gasteiger partial charge in [0.15, 0.2) is 0 Å². The first-order chi connectivity index (χ1) is 5.38. The maximum atomic E-state index is 5.39. The molecule has 0 aromatic carbocycles. The lowest BCUT2D eigenvalue weighted by atomic mass is 9.86. The second-order valence-electron chi connectivity index (χ2n) is 3.33. The third-order valence-corrected chi connectivity index (χ3v) is 3.27. The van der Waals surface area contributed by atoms with Crippen LogP contribution in [0.15, 0.2) is 0 Å². The fourth-order valence-corrected chi connectivity index (χ4v) is 2.68. The van der Waals surface area contributed by atoms with Crippen molar-refractivity contribution in [3.63, 3.8) is 0 Å². The van der Waals surface area contributed by atoms with Crippen LogP contribution in [0.4, 0.5) is 0 Å². The van der Waals surface area contributed by atoms with Gasteiger partial charge in [-0.2, -0.15) is 0 Å². The highest BCUT2D eigenvalue weighted by molar-refractivity contribution is 9.09. The third kappa shape index (κ3) is 2.75. The lowest BCUT2D eigenvalue weighted by molar-refractivity contribution is 0.0551. The summed E-state index contributed by atoms with van der Waals surface area (Å²) in [7, 11) is 1.82. The molecule has 0 aliphatic heterocycles. The summed E-state index contributed by atoms with van der Waals surface area (Å²) in [5.41, 5.74) is 0. The summed E-state index contributed by atoms with van der Waals surface area (Å²) in [5, 5.41) is 0.994. The minimum Gasteiger partial charge on any atom is -0.380 e. The molecule has 1 nitrogen and oxygen atoms in total. The number of alkyl halides is 1. The standard InChI is InChI=1S/C9H17BrO/c1-11-9(7-10)8-5-3-2-4-6-8/h8-9H,2-7H2,1H3/t9-/m0/s1. The van der Waals surface area contributed by atoms with Gasteiger partial charge in [0.25, 0.3) is 0 Å². The Morgan fingerprint density at radius 3 is 2.45 bits per heavy atom. The quantitative estimate of drug-likeness (QED) is 0.665. The molecule has 0 aromatic rings. The number of rotatable bonds is 3. The molecule has 1 aliphatic rings. The Morgan fingerprint density at radius 1 is 1.36 bits per heavy atom. The van der Waals surface area contributed by atoms with Crippen LogP contribution in [0.5, 0.6) is 0 Å². The summed E-state index contributed by atoms with van der Waals surface area (Å²) in [6, 6.07) is 0. The van der Waals surface area contributed by atoms with Crippen molar-refractivity contribution < 1.29 is 4.74 Å². The van der Waals surface area contributed by atoms with Crippen molar-refractivity contribution in [2.75, 3.05) is 12.4 Å². The molecule has 0 bridgehead atoms. The van der Waals surface area contributed by atoms with E-state index in [4.69, 9.17) is 4.74 Å². The van der Waals surface area contributed by atoms with Crippen molar-refractivity contribution >= 4 is 15.9 Å². The maximum absolute atomic E-state index is 5.39. The van der Waals surface area contributed by atoms with Crippen LogP contribution in [0, 0.1) is 5.92 Å². The summed E-state index contributed by atoms with van der Waals surface area (Å²) < 4.78 is 5.39. The second-order valence-corrected chi connectivity index (χ2v) is 3.97. The first-order valence-electron chi connectivity index (χ1n) is 4.47. The lowest BCUT2D eigenvalue weighted by Gasteiger charge is -2.27. The average Bonchev–Trinajstić information content (AvgIpc) is 2.09. The summed E-state index contributed by atoms with van der Waals surface area (Å²) in [5.74, 6) is 0.813. The molecular formula is C9H17BrO. The van der Waals surface area contributed by atoms with Gasteiger partial charge < -0.3 is 4.74 Å². The van der Waals surface area contributed by atoms with Crippen LogP contribution in [0.2, 0.25) is 0 Å². The van der Waals surface area contributed by atoms with E-state index in [2.05, 4.69) is 15.9 Å². The Balaban J connectivity index is 2.30. The zero-order valence-electron chi connectivity index (χ0n) is 7.18. The molecule has 0 N–H and O–H groups in total. The van der Waals surface area contributed by atoms with Crippen LogP contribution in [-0.2, 0) is 4.74 Å². The number of halogens is 1. The van der Waals surface area contributed by atoms with Crippen LogP contribution in [0.3, 0.4) is 0 Å². The van der Waals surface area contributed by atoms with Gasteiger partial charge >= 0.3 is 0 Å². The van der Waals surface area contributed by atoms with E-state index >= 15 is 0 Å². The first kappa shape index (κ1) is 9.53. The fourth-order valence-electron chi connectivity index (χ4n) is 1.89. The number of hydrogen-bond acceptors (Lipinski definition) is 1. The van der Waals surface area contributed by atoms with Gasteiger partial charge in [0.2, 0.25) is 0 Å². The molecule has 11 heavy (non-hydrogen) atoms. The van der Waals surface area contributed by atoms with Crippen molar-refractivity contribution in [3.05, 3.63) is 0 Å². The highest BCUT2D eigenvalue weighted by Crippen LogP contribution is 2.28. The second kappa shape index (κ2) is 5.15. The molecule has 1 rings (SSSR count). The van der Waals surface area contributed by atoms with Crippen LogP contribution in [0.1, 0.15) is 32.1 Å². The Kier molecular flexibility index (Phi) is 4.46. The summed E-state index contributed by atoms with van der Waals surface area (Å²) in [6.07, 6.45) is 7.41. The fraction of sp³-hybridized carbons (Fsp3) is 1.00. The first-order valence-corrected chi connectivity index (χ1v) is 5.59. The molecule has 0 saturated heterocycles. The van der Waals surface area contributed by atoms with E-state index in [9.17, 15) is 0 Å². The van der Waals surface area contributed by atoms with Gasteiger partial charge in [0.1, 0.15) is 0 Å². The monoisotopic (exact) mass is 220 g/mol. The van der Waals surface area contributed by atoms with Gasteiger partial charge in [-0.25, -0.2) is 0 Å². The van der Waals surface area contributed by atoms with E-state index in [1.165, 1.54) is 32.1 Å². The van der Waals surface area contributed by atoms with Gasteiger partial charge in [0.05, 0.1) is 6.10 Å². The van der Waals surface area contributed by atoms with Crippen molar-refractivity contribution in [2.45, 2.75) is 38.2 Å². The molecule has 1 aliphatic carbocycles. The number of hydrogen-bond donors (Lipinski definition) is 0. The zero-order valence-corrected chi connectivity index (χ0v) is 8.77. The number of methoxy groups -OCH3 is 1. The topological polar surface area (TPSA) is 9.23 Å². The molecule has 1 atom stereocenters. The SMILES string of the molecule is CO[C@@H](CBr)C1CCCCC1. The zero-order chi connectivity index (χ0) is 8.10. The van der Waals surface area contributed by atoms with Crippen LogP contribution in [0.25, 0.3) is 0 Å². The molecule has 2 heteroatoms. The van der Waals surface area contributed by atoms with Gasteiger partial charge in [-0.3, -0.25) is 0 Å². The summed E-state index contributed by atoms with van der Waals surface area (Å²) >= 11 is 3.49. The normalized spacial score (nSPS) is 23.5. The molecule has 0 radical (unpaired) electrons. The summed E-state index contributed by atoms with van der Waals surface area (Å²) in [4.78, 5) is 0. The van der Waals surface area contributed by atoms with Gasteiger partial charge in [-0.1, -0.05) is 35.2 Å². The molecule has 1 saturated carbocycles. The predicted molar refractivity (Wildman–Crippen MR) is 51.2 cm³/mol. The Bertz CT molecular complexity index is 95.7. The van der Waals surface area contributed by atoms with Crippen molar-refractivity contribution in [1.29, 1.82) is 0 Å². The lowest BCUT2D eigenvalue weighted by Crippen LogP contribution is -2.26. The van der Waals surface area contributed by atoms with Gasteiger partial charge in [0, 0.05) is 12.4 Å². The molecule has 0 heterocycles. The largest absolute Gasteiger partial charge is 0.380 e. The maximum Gasteiger partial charge on any atom is 0.0696 e. The molecule has 0 unspecified atom stereocenters. The summed E-state index contributed by atoms with van der Waals surface area (Å²) in [6.45, 7) is 0. The molecule has 1 fully saturated rings. The van der Waals surface area contributed by atoms with Crippen LogP contribution >= 0.6 is 15.9 Å². The van der Waals surface area contributed by atoms with E-state index < -0.39 is 0 Å². The smallest absolute Gasteiger partial charge is 0.0696 e. The van der Waals surface area contributed by atoms with Crippen molar-refractivity contribution in [2.24, 2.45) is 5.92 Å². The van der Waals surface area contributed by atoms with Crippen molar-refractivity contribution in [3.8, 4) is 0 Å². The minimum atomic E-state index is 0.454. The van der Waals surface area contributed by atoms with E-state index in [1.807, 2.05) is 7.11 Å². The van der Waals surface area contributed by atoms with E-state index in [-0.39, 0.29) is 0 Å². The van der Waals surface area contributed by atoms with Crippen LogP contribution in [-0.4, -0.2) is 18.5 Å². The molecular weight excluding hydrogens is 204 g/mol. The Morgan fingerprint density at radius 2 is 2.00 bits per heavy atom. The molecule has 0 aromatic heterocycles. The average molecular weight is 221 g/mol. The van der Waals surface area contributed by atoms with Gasteiger partial charge in [-0.15, -0.1) is 0 Å². The van der Waals surface area contributed by atoms with E-state index in [0.717, 1.165) is 11.2 Å². The predicted octanol–water partition coefficient (Wildman–Crippen LogP) is 2.98. The third-order valence-electron chi connectivity index (χ3n) is 2.63. The van der Waals surface area contributed by atoms with Gasteiger partial charge in [-0.05, 0) is 18.8 Å². The van der Waals surface area contributed by atoms with E-state index in [1.54, 1.807) is 0 Å². The highest BCUT2D eigenvalue weighted by atomic mass is 79.9. The molecule has 0 amide bonds. The Hall–Kier alpha value is 0.440. The number of ether oxygens (including phenoxy) is 1. The van der Waals surface area contributed by atoms with Crippen LogP contribution < -0.4 is 0 Å². The van der Waals surface area contributed by atoms with Crippen molar-refractivity contribution in [1.82, 2.24) is 0 Å². The Labute approximate surface area is 77.6 Å². The minimum absolute atomic E-state index is 0.454.